The second kappa shape index (κ2) is 3.76. The molecule has 2 unspecified atom stereocenters. The molecule has 0 radical (unpaired) electrons. The van der Waals surface area contributed by atoms with Gasteiger partial charge in [0.2, 0.25) is 5.91 Å². The molecule has 3 saturated heterocycles. The number of carbonyl (C=O) groups excluding carboxylic acids is 1. The summed E-state index contributed by atoms with van der Waals surface area (Å²) in [6, 6.07) is 0. The third-order valence-electron chi connectivity index (χ3n) is 4.00. The summed E-state index contributed by atoms with van der Waals surface area (Å²) in [5, 5.41) is 3.16. The van der Waals surface area contributed by atoms with Crippen LogP contribution in [0.15, 0.2) is 0 Å². The van der Waals surface area contributed by atoms with Crippen LogP contribution in [0.4, 0.5) is 0 Å². The Morgan fingerprint density at radius 1 is 1.27 bits per heavy atom. The van der Waals surface area contributed by atoms with Crippen molar-refractivity contribution in [3.8, 4) is 0 Å². The minimum atomic E-state index is 0.254. The van der Waals surface area contributed by atoms with Crippen LogP contribution in [0.1, 0.15) is 6.42 Å². The number of piperidine rings is 1. The zero-order chi connectivity index (χ0) is 10.3. The average Bonchev–Trinajstić information content (AvgIpc) is 2.61. The second-order valence-electron chi connectivity index (χ2n) is 4.99. The van der Waals surface area contributed by atoms with Crippen LogP contribution in [-0.4, -0.2) is 50.2 Å². The highest BCUT2D eigenvalue weighted by atomic mass is 16.5. The van der Waals surface area contributed by atoms with Crippen LogP contribution < -0.4 is 5.32 Å². The van der Waals surface area contributed by atoms with Crippen molar-refractivity contribution in [2.45, 2.75) is 6.42 Å². The van der Waals surface area contributed by atoms with Crippen molar-refractivity contribution in [2.75, 3.05) is 39.4 Å². The first-order chi connectivity index (χ1) is 7.34. The van der Waals surface area contributed by atoms with Gasteiger partial charge in [0.25, 0.3) is 0 Å². The van der Waals surface area contributed by atoms with E-state index < -0.39 is 0 Å². The molecule has 0 aliphatic carbocycles. The standard InChI is InChI=1S/C11H18N2O2/c14-11(9-3-12-4-9)13-2-1-8-6-15-7-10(8)5-13/h8-10,12H,1-7H2. The Labute approximate surface area is 90.0 Å². The maximum Gasteiger partial charge on any atom is 0.228 e. The number of carbonyl (C=O) groups is 1. The highest BCUT2D eigenvalue weighted by molar-refractivity contribution is 5.80. The number of amides is 1. The molecular formula is C11H18N2O2. The highest BCUT2D eigenvalue weighted by Crippen LogP contribution is 2.30. The summed E-state index contributed by atoms with van der Waals surface area (Å²) in [6.07, 6.45) is 1.14. The van der Waals surface area contributed by atoms with Gasteiger partial charge in [-0.15, -0.1) is 0 Å². The third-order valence-corrected chi connectivity index (χ3v) is 4.00. The van der Waals surface area contributed by atoms with E-state index in [4.69, 9.17) is 4.74 Å². The van der Waals surface area contributed by atoms with Crippen LogP contribution in [-0.2, 0) is 9.53 Å². The van der Waals surface area contributed by atoms with E-state index in [2.05, 4.69) is 10.2 Å². The van der Waals surface area contributed by atoms with Crippen LogP contribution in [0.5, 0.6) is 0 Å². The molecule has 4 heteroatoms. The van der Waals surface area contributed by atoms with E-state index in [1.807, 2.05) is 0 Å². The van der Waals surface area contributed by atoms with Crippen LogP contribution in [0.25, 0.3) is 0 Å². The summed E-state index contributed by atoms with van der Waals surface area (Å²) in [5.41, 5.74) is 0. The van der Waals surface area contributed by atoms with Crippen molar-refractivity contribution in [3.05, 3.63) is 0 Å². The monoisotopic (exact) mass is 210 g/mol. The van der Waals surface area contributed by atoms with Gasteiger partial charge in [-0.1, -0.05) is 0 Å². The van der Waals surface area contributed by atoms with Crippen LogP contribution >= 0.6 is 0 Å². The van der Waals surface area contributed by atoms with Crippen molar-refractivity contribution in [1.29, 1.82) is 0 Å². The van der Waals surface area contributed by atoms with E-state index in [1.165, 1.54) is 0 Å². The predicted molar refractivity (Wildman–Crippen MR) is 55.4 cm³/mol. The molecule has 3 heterocycles. The number of rotatable bonds is 1. The molecule has 0 bridgehead atoms. The summed E-state index contributed by atoms with van der Waals surface area (Å²) in [6.45, 7) is 5.40. The Morgan fingerprint density at radius 2 is 2.07 bits per heavy atom. The van der Waals surface area contributed by atoms with Crippen LogP contribution in [0.2, 0.25) is 0 Å². The van der Waals surface area contributed by atoms with Crippen molar-refractivity contribution in [2.24, 2.45) is 17.8 Å². The summed E-state index contributed by atoms with van der Waals surface area (Å²) in [7, 11) is 0. The number of nitrogens with zero attached hydrogens (tertiary/aromatic N) is 1. The van der Waals surface area contributed by atoms with Gasteiger partial charge in [-0.05, 0) is 12.3 Å². The van der Waals surface area contributed by atoms with Gasteiger partial charge < -0.3 is 15.0 Å². The minimum Gasteiger partial charge on any atom is -0.381 e. The SMILES string of the molecule is O=C(C1CNC1)N1CCC2COCC2C1. The fraction of sp³-hybridized carbons (Fsp3) is 0.909. The van der Waals surface area contributed by atoms with Gasteiger partial charge in [0.05, 0.1) is 12.5 Å². The number of nitrogens with one attached hydrogen (secondary N) is 1. The molecular weight excluding hydrogens is 192 g/mol. The van der Waals surface area contributed by atoms with Crippen LogP contribution in [0.3, 0.4) is 0 Å². The molecule has 1 N–H and O–H groups in total. The van der Waals surface area contributed by atoms with Crippen molar-refractivity contribution in [3.63, 3.8) is 0 Å². The molecule has 0 saturated carbocycles. The van der Waals surface area contributed by atoms with Gasteiger partial charge in [-0.3, -0.25) is 4.79 Å². The first-order valence-electron chi connectivity index (χ1n) is 5.92. The Bertz CT molecular complexity index is 265. The number of hydrogen-bond donors (Lipinski definition) is 1. The smallest absolute Gasteiger partial charge is 0.228 e. The molecule has 3 aliphatic rings. The fourth-order valence-electron chi connectivity index (χ4n) is 2.78. The molecule has 0 spiro atoms. The van der Waals surface area contributed by atoms with E-state index >= 15 is 0 Å². The molecule has 4 nitrogen and oxygen atoms in total. The van der Waals surface area contributed by atoms with E-state index in [9.17, 15) is 4.79 Å². The Hall–Kier alpha value is -0.610. The Balaban J connectivity index is 1.60. The van der Waals surface area contributed by atoms with E-state index in [-0.39, 0.29) is 5.92 Å². The molecule has 0 aromatic heterocycles. The molecule has 84 valence electrons. The Kier molecular flexibility index (Phi) is 2.41. The first kappa shape index (κ1) is 9.60. The molecule has 0 aromatic rings. The lowest BCUT2D eigenvalue weighted by molar-refractivity contribution is -0.139. The lowest BCUT2D eigenvalue weighted by atomic mass is 9.87. The van der Waals surface area contributed by atoms with Gasteiger partial charge >= 0.3 is 0 Å². The molecule has 3 aliphatic heterocycles. The number of hydrogen-bond acceptors (Lipinski definition) is 3. The number of likely N-dealkylation sites (tertiary alicyclic amines) is 1. The zero-order valence-corrected chi connectivity index (χ0v) is 8.95. The van der Waals surface area contributed by atoms with Crippen LogP contribution in [0, 0.1) is 17.8 Å². The minimum absolute atomic E-state index is 0.254. The zero-order valence-electron chi connectivity index (χ0n) is 8.95. The number of fused-ring (bicyclic) bond motifs is 1. The fourth-order valence-corrected chi connectivity index (χ4v) is 2.78. The van der Waals surface area contributed by atoms with Gasteiger partial charge in [0, 0.05) is 38.7 Å². The van der Waals surface area contributed by atoms with Crippen molar-refractivity contribution in [1.82, 2.24) is 10.2 Å². The largest absolute Gasteiger partial charge is 0.381 e. The molecule has 0 aromatic carbocycles. The third kappa shape index (κ3) is 1.66. The summed E-state index contributed by atoms with van der Waals surface area (Å²) in [5.74, 6) is 1.94. The summed E-state index contributed by atoms with van der Waals surface area (Å²) < 4.78 is 5.47. The van der Waals surface area contributed by atoms with E-state index in [0.717, 1.165) is 45.8 Å². The van der Waals surface area contributed by atoms with E-state index in [1.54, 1.807) is 0 Å². The molecule has 15 heavy (non-hydrogen) atoms. The maximum atomic E-state index is 12.0. The maximum absolute atomic E-state index is 12.0. The van der Waals surface area contributed by atoms with Gasteiger partial charge in [-0.25, -0.2) is 0 Å². The Morgan fingerprint density at radius 3 is 2.80 bits per heavy atom. The predicted octanol–water partition coefficient (Wildman–Crippen LogP) is -0.299. The second-order valence-corrected chi connectivity index (χ2v) is 4.99. The normalized spacial score (nSPS) is 36.1. The highest BCUT2D eigenvalue weighted by Gasteiger charge is 2.38. The number of ether oxygens (including phenoxy) is 1. The molecule has 1 amide bonds. The lowest BCUT2D eigenvalue weighted by Crippen LogP contribution is -2.54. The van der Waals surface area contributed by atoms with Gasteiger partial charge in [0.15, 0.2) is 0 Å². The molecule has 3 rings (SSSR count). The quantitative estimate of drug-likeness (QED) is 0.646. The topological polar surface area (TPSA) is 41.6 Å². The first-order valence-corrected chi connectivity index (χ1v) is 5.92. The summed E-state index contributed by atoms with van der Waals surface area (Å²) in [4.78, 5) is 14.1. The van der Waals surface area contributed by atoms with Gasteiger partial charge in [-0.2, -0.15) is 0 Å². The van der Waals surface area contributed by atoms with Gasteiger partial charge in [0.1, 0.15) is 0 Å². The summed E-state index contributed by atoms with van der Waals surface area (Å²) >= 11 is 0. The van der Waals surface area contributed by atoms with E-state index in [0.29, 0.717) is 17.7 Å². The average molecular weight is 210 g/mol. The van der Waals surface area contributed by atoms with Crippen molar-refractivity contribution < 1.29 is 9.53 Å². The van der Waals surface area contributed by atoms with Crippen molar-refractivity contribution >= 4 is 5.91 Å². The molecule has 3 fully saturated rings. The lowest BCUT2D eigenvalue weighted by Gasteiger charge is -2.38. The molecule has 2 atom stereocenters.